The molecule has 5 nitrogen and oxygen atoms in total. The normalized spacial score (nSPS) is 13.1. The van der Waals surface area contributed by atoms with E-state index in [0.29, 0.717) is 10.8 Å². The van der Waals surface area contributed by atoms with Crippen LogP contribution in [0.15, 0.2) is 24.3 Å². The molecule has 0 aliphatic heterocycles. The number of carbonyl (C=O) groups excluding carboxylic acids is 1. The Hall–Kier alpha value is -0.870. The molecule has 0 radical (unpaired) electrons. The van der Waals surface area contributed by atoms with Crippen molar-refractivity contribution in [3.63, 3.8) is 0 Å². The van der Waals surface area contributed by atoms with Gasteiger partial charge >= 0.3 is 7.60 Å². The molecule has 1 rings (SSSR count). The van der Waals surface area contributed by atoms with Gasteiger partial charge in [-0.1, -0.05) is 17.7 Å². The van der Waals surface area contributed by atoms with Gasteiger partial charge in [-0.15, -0.1) is 0 Å². The lowest BCUT2D eigenvalue weighted by Crippen LogP contribution is -2.25. The summed E-state index contributed by atoms with van der Waals surface area (Å²) in [4.78, 5) is 11.9. The van der Waals surface area contributed by atoms with Crippen molar-refractivity contribution in [2.24, 2.45) is 0 Å². The molecule has 1 aromatic carbocycles. The van der Waals surface area contributed by atoms with Crippen LogP contribution in [0.1, 0.15) is 6.92 Å². The predicted molar refractivity (Wildman–Crippen MR) is 73.0 cm³/mol. The Morgan fingerprint density at radius 3 is 2.53 bits per heavy atom. The second-order valence-electron chi connectivity index (χ2n) is 3.79. The largest absolute Gasteiger partial charge is 0.486 e. The third-order valence-electron chi connectivity index (χ3n) is 2.63. The van der Waals surface area contributed by atoms with Gasteiger partial charge in [0.15, 0.2) is 5.78 Å². The van der Waals surface area contributed by atoms with Crippen LogP contribution in [0.4, 0.5) is 0 Å². The molecule has 1 unspecified atom stereocenters. The van der Waals surface area contributed by atoms with Crippen molar-refractivity contribution >= 4 is 25.0 Å². The number of halogens is 1. The highest BCUT2D eigenvalue weighted by molar-refractivity contribution is 7.55. The van der Waals surface area contributed by atoms with E-state index in [1.54, 1.807) is 24.3 Å². The Labute approximate surface area is 117 Å². The first-order valence-electron chi connectivity index (χ1n) is 5.55. The second kappa shape index (κ2) is 7.06. The predicted octanol–water partition coefficient (Wildman–Crippen LogP) is 3.16. The minimum absolute atomic E-state index is 0.224. The molecule has 1 atom stereocenters. The molecule has 0 heterocycles. The number of benzene rings is 1. The zero-order valence-electron chi connectivity index (χ0n) is 11.0. The Morgan fingerprint density at radius 2 is 2.00 bits per heavy atom. The maximum Gasteiger partial charge on any atom is 0.340 e. The van der Waals surface area contributed by atoms with Gasteiger partial charge in [0, 0.05) is 19.2 Å². The zero-order chi connectivity index (χ0) is 14.5. The summed E-state index contributed by atoms with van der Waals surface area (Å²) in [7, 11) is -0.931. The van der Waals surface area contributed by atoms with Crippen LogP contribution in [0, 0.1) is 0 Å². The molecule has 1 aromatic rings. The fourth-order valence-corrected chi connectivity index (χ4v) is 2.79. The number of carbonyl (C=O) groups is 1. The van der Waals surface area contributed by atoms with Gasteiger partial charge in [-0.3, -0.25) is 9.36 Å². The molecule has 0 amide bonds. The average molecular weight is 307 g/mol. The molecule has 0 bridgehead atoms. The second-order valence-corrected chi connectivity index (χ2v) is 6.81. The number of hydrogen-bond acceptors (Lipinski definition) is 5. The SMILES string of the molecule is COP(=O)(OC)C(C)C(=O)COc1cccc(Cl)c1. The Morgan fingerprint density at radius 1 is 1.37 bits per heavy atom. The number of ketones is 1. The van der Waals surface area contributed by atoms with Crippen molar-refractivity contribution in [3.8, 4) is 5.75 Å². The first-order valence-corrected chi connectivity index (χ1v) is 7.54. The highest BCUT2D eigenvalue weighted by Crippen LogP contribution is 2.51. The molecule has 0 saturated carbocycles. The van der Waals surface area contributed by atoms with Crippen LogP contribution in [0.25, 0.3) is 0 Å². The highest BCUT2D eigenvalue weighted by Gasteiger charge is 2.35. The number of Topliss-reactive ketones (excluding diaryl/α,β-unsaturated/α-hetero) is 1. The van der Waals surface area contributed by atoms with Crippen LogP contribution in [0.2, 0.25) is 5.02 Å². The zero-order valence-corrected chi connectivity index (χ0v) is 12.6. The van der Waals surface area contributed by atoms with Gasteiger partial charge in [0.25, 0.3) is 0 Å². The number of hydrogen-bond donors (Lipinski definition) is 0. The minimum Gasteiger partial charge on any atom is -0.486 e. The standard InChI is InChI=1S/C12H16ClO5P/c1-9(19(15,16-2)17-3)12(14)8-18-11-6-4-5-10(13)7-11/h4-7,9H,8H2,1-3H3. The van der Waals surface area contributed by atoms with Crippen LogP contribution < -0.4 is 4.74 Å². The molecule has 0 aliphatic rings. The van der Waals surface area contributed by atoms with Gasteiger partial charge < -0.3 is 13.8 Å². The van der Waals surface area contributed by atoms with E-state index in [4.69, 9.17) is 25.4 Å². The van der Waals surface area contributed by atoms with Gasteiger partial charge in [0.2, 0.25) is 0 Å². The van der Waals surface area contributed by atoms with Crippen molar-refractivity contribution in [2.45, 2.75) is 12.6 Å². The Bertz CT molecular complexity index is 483. The van der Waals surface area contributed by atoms with Crippen molar-refractivity contribution in [1.29, 1.82) is 0 Å². The molecule has 0 aliphatic carbocycles. The third-order valence-corrected chi connectivity index (χ3v) is 5.12. The van der Waals surface area contributed by atoms with E-state index in [1.807, 2.05) is 0 Å². The van der Waals surface area contributed by atoms with Crippen LogP contribution >= 0.6 is 19.2 Å². The van der Waals surface area contributed by atoms with Crippen LogP contribution in [-0.4, -0.2) is 32.3 Å². The van der Waals surface area contributed by atoms with Gasteiger partial charge in [-0.25, -0.2) is 0 Å². The van der Waals surface area contributed by atoms with Crippen molar-refractivity contribution in [2.75, 3.05) is 20.8 Å². The van der Waals surface area contributed by atoms with E-state index in [2.05, 4.69) is 0 Å². The molecule has 7 heteroatoms. The van der Waals surface area contributed by atoms with E-state index in [9.17, 15) is 9.36 Å². The monoisotopic (exact) mass is 306 g/mol. The van der Waals surface area contributed by atoms with Gasteiger partial charge in [-0.2, -0.15) is 0 Å². The molecule has 0 saturated heterocycles. The van der Waals surface area contributed by atoms with E-state index >= 15 is 0 Å². The van der Waals surface area contributed by atoms with Gasteiger partial charge in [0.05, 0.1) is 0 Å². The molecule has 106 valence electrons. The van der Waals surface area contributed by atoms with Crippen molar-refractivity contribution < 1.29 is 23.1 Å². The van der Waals surface area contributed by atoms with E-state index in [1.165, 1.54) is 21.1 Å². The van der Waals surface area contributed by atoms with Gasteiger partial charge in [0.1, 0.15) is 18.0 Å². The summed E-state index contributed by atoms with van der Waals surface area (Å²) in [6, 6.07) is 6.67. The summed E-state index contributed by atoms with van der Waals surface area (Å²) < 4.78 is 26.9. The van der Waals surface area contributed by atoms with Crippen LogP contribution in [0.5, 0.6) is 5.75 Å². The molecular formula is C12H16ClO5P. The Kier molecular flexibility index (Phi) is 6.01. The first-order chi connectivity index (χ1) is 8.92. The smallest absolute Gasteiger partial charge is 0.340 e. The van der Waals surface area contributed by atoms with Crippen molar-refractivity contribution in [3.05, 3.63) is 29.3 Å². The summed E-state index contributed by atoms with van der Waals surface area (Å²) >= 11 is 5.79. The molecule has 0 N–H and O–H groups in total. The quantitative estimate of drug-likeness (QED) is 0.724. The molecule has 0 aromatic heterocycles. The van der Waals surface area contributed by atoms with E-state index in [-0.39, 0.29) is 12.4 Å². The maximum atomic E-state index is 12.0. The van der Waals surface area contributed by atoms with Gasteiger partial charge in [-0.05, 0) is 25.1 Å². The fourth-order valence-electron chi connectivity index (χ4n) is 1.40. The molecule has 19 heavy (non-hydrogen) atoms. The lowest BCUT2D eigenvalue weighted by atomic mass is 10.3. The van der Waals surface area contributed by atoms with E-state index in [0.717, 1.165) is 0 Å². The average Bonchev–Trinajstić information content (AvgIpc) is 2.43. The Balaban J connectivity index is 2.63. The third kappa shape index (κ3) is 4.32. The summed E-state index contributed by atoms with van der Waals surface area (Å²) in [5.74, 6) is 0.102. The summed E-state index contributed by atoms with van der Waals surface area (Å²) in [5.41, 5.74) is -0.887. The molecular weight excluding hydrogens is 291 g/mol. The van der Waals surface area contributed by atoms with E-state index < -0.39 is 13.3 Å². The fraction of sp³-hybridized carbons (Fsp3) is 0.417. The van der Waals surface area contributed by atoms with Crippen molar-refractivity contribution in [1.82, 2.24) is 0 Å². The summed E-state index contributed by atoms with van der Waals surface area (Å²) in [6.45, 7) is 1.26. The number of ether oxygens (including phenoxy) is 1. The minimum atomic E-state index is -3.41. The van der Waals surface area contributed by atoms with Crippen LogP contribution in [-0.2, 0) is 18.4 Å². The van der Waals surface area contributed by atoms with Crippen LogP contribution in [0.3, 0.4) is 0 Å². The molecule has 0 spiro atoms. The highest BCUT2D eigenvalue weighted by atomic mass is 35.5. The topological polar surface area (TPSA) is 61.8 Å². The number of rotatable bonds is 7. The maximum absolute atomic E-state index is 12.0. The lowest BCUT2D eigenvalue weighted by Gasteiger charge is -2.19. The molecule has 0 fully saturated rings. The summed E-state index contributed by atoms with van der Waals surface area (Å²) in [6.07, 6.45) is 0. The lowest BCUT2D eigenvalue weighted by molar-refractivity contribution is -0.120. The first kappa shape index (κ1) is 16.2. The summed E-state index contributed by atoms with van der Waals surface area (Å²) in [5, 5.41) is 0.512.